The fourth-order valence-electron chi connectivity index (χ4n) is 5.89. The Balaban J connectivity index is 2.41. The Morgan fingerprint density at radius 1 is 0.547 bits per heavy atom. The summed E-state index contributed by atoms with van der Waals surface area (Å²) in [6.45, 7) is 26.3. The summed E-state index contributed by atoms with van der Waals surface area (Å²) < 4.78 is 16.6. The molecule has 0 unspecified atom stereocenters. The van der Waals surface area contributed by atoms with Crippen LogP contribution < -0.4 is 10.6 Å². The van der Waals surface area contributed by atoms with Crippen molar-refractivity contribution in [1.82, 2.24) is 25.3 Å². The summed E-state index contributed by atoms with van der Waals surface area (Å²) in [5.41, 5.74) is -1.42. The molecule has 0 bridgehead atoms. The molecule has 312 valence electrons. The molecule has 0 spiro atoms. The lowest BCUT2D eigenvalue weighted by Crippen LogP contribution is -2.43. The molecule has 1 saturated heterocycles. The van der Waals surface area contributed by atoms with Crippen LogP contribution in [-0.2, 0) is 23.8 Å². The van der Waals surface area contributed by atoms with Crippen LogP contribution in [0.4, 0.5) is 4.79 Å². The minimum Gasteiger partial charge on any atom is -0.459 e. The SMILES string of the molecule is CC(C)(C)OC(=O)CN1CCCN(CCCSSCCCCCCCCCCNC(=O)OC(C)(C)C)CCN(CC(=O)OC(C)(C)C)CCCNCC1. The molecular formula is C40H79N5O6S2. The van der Waals surface area contributed by atoms with Crippen LogP contribution in [0.5, 0.6) is 0 Å². The maximum Gasteiger partial charge on any atom is 0.407 e. The minimum atomic E-state index is -0.486. The number of rotatable bonds is 20. The lowest BCUT2D eigenvalue weighted by Gasteiger charge is -2.30. The predicted octanol–water partition coefficient (Wildman–Crippen LogP) is 7.38. The fraction of sp³-hybridized carbons (Fsp3) is 0.925. The van der Waals surface area contributed by atoms with E-state index in [1.165, 1.54) is 44.3 Å². The third-order valence-corrected chi connectivity index (χ3v) is 10.8. The molecule has 0 aromatic rings. The van der Waals surface area contributed by atoms with E-state index >= 15 is 0 Å². The van der Waals surface area contributed by atoms with Gasteiger partial charge in [-0.2, -0.15) is 0 Å². The van der Waals surface area contributed by atoms with Gasteiger partial charge in [-0.05, 0) is 121 Å². The lowest BCUT2D eigenvalue weighted by molar-refractivity contribution is -0.157. The number of unbranched alkanes of at least 4 members (excludes halogenated alkanes) is 7. The van der Waals surface area contributed by atoms with Crippen LogP contribution in [0.1, 0.15) is 133 Å². The van der Waals surface area contributed by atoms with Crippen LogP contribution >= 0.6 is 21.6 Å². The number of ether oxygens (including phenoxy) is 3. The van der Waals surface area contributed by atoms with Gasteiger partial charge in [0.05, 0.1) is 13.1 Å². The highest BCUT2D eigenvalue weighted by Gasteiger charge is 2.22. The molecule has 2 N–H and O–H groups in total. The number of alkyl carbamates (subject to hydrolysis) is 1. The highest BCUT2D eigenvalue weighted by molar-refractivity contribution is 8.76. The van der Waals surface area contributed by atoms with Crippen molar-refractivity contribution in [2.45, 2.75) is 150 Å². The second-order valence-electron chi connectivity index (χ2n) is 17.3. The first-order chi connectivity index (χ1) is 24.9. The molecule has 13 heteroatoms. The molecule has 1 amide bonds. The number of carbonyl (C=O) groups is 3. The van der Waals surface area contributed by atoms with E-state index in [0.717, 1.165) is 96.8 Å². The van der Waals surface area contributed by atoms with Gasteiger partial charge in [-0.25, -0.2) is 4.79 Å². The first kappa shape index (κ1) is 49.8. The van der Waals surface area contributed by atoms with E-state index < -0.39 is 16.8 Å². The topological polar surface area (TPSA) is 113 Å². The first-order valence-corrected chi connectivity index (χ1v) is 22.9. The molecule has 1 fully saturated rings. The number of carbonyl (C=O) groups excluding carboxylic acids is 3. The van der Waals surface area contributed by atoms with E-state index in [4.69, 9.17) is 14.2 Å². The van der Waals surface area contributed by atoms with Gasteiger partial charge in [0.1, 0.15) is 16.8 Å². The van der Waals surface area contributed by atoms with Gasteiger partial charge >= 0.3 is 18.0 Å². The Morgan fingerprint density at radius 3 is 1.60 bits per heavy atom. The molecule has 1 rings (SSSR count). The minimum absolute atomic E-state index is 0.161. The number of amides is 1. The van der Waals surface area contributed by atoms with Gasteiger partial charge in [-0.3, -0.25) is 19.4 Å². The van der Waals surface area contributed by atoms with Crippen molar-refractivity contribution in [1.29, 1.82) is 0 Å². The van der Waals surface area contributed by atoms with Crippen LogP contribution in [0.15, 0.2) is 0 Å². The van der Waals surface area contributed by atoms with E-state index in [1.807, 2.05) is 83.9 Å². The third-order valence-electron chi connectivity index (χ3n) is 8.27. The van der Waals surface area contributed by atoms with Crippen molar-refractivity contribution in [3.05, 3.63) is 0 Å². The quantitative estimate of drug-likeness (QED) is 0.0556. The molecule has 0 saturated carbocycles. The van der Waals surface area contributed by atoms with E-state index in [9.17, 15) is 14.4 Å². The van der Waals surface area contributed by atoms with Crippen LogP contribution in [0.25, 0.3) is 0 Å². The largest absolute Gasteiger partial charge is 0.459 e. The van der Waals surface area contributed by atoms with Crippen molar-refractivity contribution in [3.63, 3.8) is 0 Å². The van der Waals surface area contributed by atoms with Crippen molar-refractivity contribution in [3.8, 4) is 0 Å². The first-order valence-electron chi connectivity index (χ1n) is 20.4. The average molecular weight is 790 g/mol. The summed E-state index contributed by atoms with van der Waals surface area (Å²) in [7, 11) is 4.00. The van der Waals surface area contributed by atoms with Crippen molar-refractivity contribution in [2.24, 2.45) is 0 Å². The van der Waals surface area contributed by atoms with Gasteiger partial charge in [-0.1, -0.05) is 60.1 Å². The second-order valence-corrected chi connectivity index (χ2v) is 20.0. The normalized spacial score (nSPS) is 16.8. The molecule has 0 radical (unpaired) electrons. The van der Waals surface area contributed by atoms with Crippen LogP contribution in [0.3, 0.4) is 0 Å². The number of nitrogens with one attached hydrogen (secondary N) is 2. The predicted molar refractivity (Wildman–Crippen MR) is 224 cm³/mol. The second kappa shape index (κ2) is 28.2. The molecule has 53 heavy (non-hydrogen) atoms. The van der Waals surface area contributed by atoms with Gasteiger partial charge < -0.3 is 29.7 Å². The lowest BCUT2D eigenvalue weighted by atomic mass is 10.1. The van der Waals surface area contributed by atoms with E-state index in [1.54, 1.807) is 0 Å². The molecule has 11 nitrogen and oxygen atoms in total. The Hall–Kier alpha value is -1.25. The summed E-state index contributed by atoms with van der Waals surface area (Å²) >= 11 is 0. The molecule has 0 aliphatic carbocycles. The molecule has 0 aromatic carbocycles. The van der Waals surface area contributed by atoms with Crippen LogP contribution in [-0.4, -0.2) is 140 Å². The average Bonchev–Trinajstić information content (AvgIpc) is 3.01. The van der Waals surface area contributed by atoms with E-state index in [-0.39, 0.29) is 18.0 Å². The number of hydrogen-bond donors (Lipinski definition) is 2. The Kier molecular flexibility index (Phi) is 26.5. The zero-order valence-electron chi connectivity index (χ0n) is 35.3. The monoisotopic (exact) mass is 790 g/mol. The Labute approximate surface area is 332 Å². The maximum absolute atomic E-state index is 12.7. The summed E-state index contributed by atoms with van der Waals surface area (Å²) in [6, 6.07) is 0. The summed E-state index contributed by atoms with van der Waals surface area (Å²) in [6.07, 6.45) is 12.5. The van der Waals surface area contributed by atoms with Gasteiger partial charge in [-0.15, -0.1) is 0 Å². The highest BCUT2D eigenvalue weighted by Crippen LogP contribution is 2.24. The third kappa shape index (κ3) is 32.7. The maximum atomic E-state index is 12.7. The van der Waals surface area contributed by atoms with Crippen LogP contribution in [0.2, 0.25) is 0 Å². The van der Waals surface area contributed by atoms with Crippen molar-refractivity contribution in [2.75, 3.05) is 90.0 Å². The number of hydrogen-bond acceptors (Lipinski definition) is 12. The molecule has 0 aromatic heterocycles. The number of nitrogens with zero attached hydrogens (tertiary/aromatic N) is 3. The molecule has 1 aliphatic rings. The van der Waals surface area contributed by atoms with Gasteiger partial charge in [0.15, 0.2) is 0 Å². The zero-order valence-corrected chi connectivity index (χ0v) is 36.9. The number of esters is 2. The molecular weight excluding hydrogens is 711 g/mol. The van der Waals surface area contributed by atoms with Crippen molar-refractivity contribution >= 4 is 39.6 Å². The standard InChI is InChI=1S/C40H79N5O6S2/c1-38(2,3)49-35(46)33-44-26-19-25-43(29-30-45(24-18-21-41-23-28-44)34-36(47)50-39(4,5)6)27-20-32-53-52-31-17-15-13-11-10-12-14-16-22-42-37(48)51-40(7,8)9/h41H,10-34H2,1-9H3,(H,42,48). The Morgan fingerprint density at radius 2 is 1.02 bits per heavy atom. The summed E-state index contributed by atoms with van der Waals surface area (Å²) in [5.74, 6) is 2.00. The van der Waals surface area contributed by atoms with Crippen molar-refractivity contribution < 1.29 is 28.6 Å². The highest BCUT2D eigenvalue weighted by atomic mass is 33.1. The zero-order chi connectivity index (χ0) is 39.6. The van der Waals surface area contributed by atoms with Gasteiger partial charge in [0.25, 0.3) is 0 Å². The Bertz CT molecular complexity index is 986. The fourth-order valence-corrected chi connectivity index (χ4v) is 8.11. The smallest absolute Gasteiger partial charge is 0.407 e. The van der Waals surface area contributed by atoms with E-state index in [2.05, 4.69) is 25.3 Å². The van der Waals surface area contributed by atoms with Gasteiger partial charge in [0, 0.05) is 50.8 Å². The molecule has 1 heterocycles. The van der Waals surface area contributed by atoms with E-state index in [0.29, 0.717) is 19.6 Å². The van der Waals surface area contributed by atoms with Gasteiger partial charge in [0.2, 0.25) is 0 Å². The molecule has 0 atom stereocenters. The summed E-state index contributed by atoms with van der Waals surface area (Å²) in [4.78, 5) is 44.1. The molecule has 1 aliphatic heterocycles. The summed E-state index contributed by atoms with van der Waals surface area (Å²) in [5, 5.41) is 6.37. The van der Waals surface area contributed by atoms with Crippen LogP contribution in [0, 0.1) is 0 Å².